The number of carbonyl (C=O) groups excluding carboxylic acids is 2. The Labute approximate surface area is 333 Å². The zero-order valence-electron chi connectivity index (χ0n) is 32.7. The van der Waals surface area contributed by atoms with Crippen molar-refractivity contribution in [3.05, 3.63) is 85.2 Å². The van der Waals surface area contributed by atoms with Crippen LogP contribution in [0.25, 0.3) is 0 Å². The van der Waals surface area contributed by atoms with Crippen molar-refractivity contribution >= 4 is 23.9 Å². The highest BCUT2D eigenvalue weighted by Crippen LogP contribution is 2.39. The van der Waals surface area contributed by atoms with Gasteiger partial charge in [0.1, 0.15) is 30.3 Å². The molecule has 57 heavy (non-hydrogen) atoms. The summed E-state index contributed by atoms with van der Waals surface area (Å²) >= 11 is 0. The van der Waals surface area contributed by atoms with E-state index in [2.05, 4.69) is 27.0 Å². The van der Waals surface area contributed by atoms with E-state index in [1.54, 1.807) is 24.3 Å². The highest BCUT2D eigenvalue weighted by Gasteiger charge is 2.43. The van der Waals surface area contributed by atoms with E-state index in [4.69, 9.17) is 28.7 Å². The van der Waals surface area contributed by atoms with Gasteiger partial charge in [0.2, 0.25) is 0 Å². The zero-order valence-corrected chi connectivity index (χ0v) is 32.7. The number of hydrogen-bond acceptors (Lipinski definition) is 12. The van der Waals surface area contributed by atoms with Gasteiger partial charge >= 0.3 is 23.9 Å². The molecule has 4 rings (SSSR count). The maximum atomic E-state index is 12.5. The van der Waals surface area contributed by atoms with Crippen molar-refractivity contribution < 1.29 is 68.6 Å². The Morgan fingerprint density at radius 2 is 1.14 bits per heavy atom. The molecule has 2 aromatic rings. The van der Waals surface area contributed by atoms with Gasteiger partial charge in [0.15, 0.2) is 0 Å². The van der Waals surface area contributed by atoms with Crippen molar-refractivity contribution in [2.75, 3.05) is 19.8 Å². The number of carboxylic acids is 2. The van der Waals surface area contributed by atoms with Crippen LogP contribution in [0, 0.1) is 35.5 Å². The first-order chi connectivity index (χ1) is 27.3. The summed E-state index contributed by atoms with van der Waals surface area (Å²) in [4.78, 5) is 58.2. The first-order valence-electron chi connectivity index (χ1n) is 19.5. The predicted octanol–water partition coefficient (Wildman–Crippen LogP) is 7.31. The monoisotopic (exact) mass is 796 g/mol. The molecule has 8 atom stereocenters. The van der Waals surface area contributed by atoms with E-state index in [9.17, 15) is 39.9 Å². The van der Waals surface area contributed by atoms with Crippen LogP contribution in [0.5, 0.6) is 11.5 Å². The maximum absolute atomic E-state index is 12.5. The van der Waals surface area contributed by atoms with Gasteiger partial charge in [-0.2, -0.15) is 0 Å². The average Bonchev–Trinajstić information content (AvgIpc) is 3.21. The largest absolute Gasteiger partial charge is 0.493 e. The molecule has 2 saturated carbocycles. The van der Waals surface area contributed by atoms with Gasteiger partial charge in [0.05, 0.1) is 43.7 Å². The highest BCUT2D eigenvalue weighted by molar-refractivity contribution is 5.81. The molecular formula is C43H56O14. The minimum atomic E-state index is -0.972. The molecule has 2 aromatic carbocycles. The summed E-state index contributed by atoms with van der Waals surface area (Å²) in [5.74, 6) is -6.04. The second-order valence-corrected chi connectivity index (χ2v) is 15.4. The summed E-state index contributed by atoms with van der Waals surface area (Å²) in [5.41, 5.74) is 1.46. The van der Waals surface area contributed by atoms with Gasteiger partial charge in [0, 0.05) is 29.2 Å². The molecule has 0 aliphatic heterocycles. The number of carboxylic acid groups (broad SMARTS) is 2. The Morgan fingerprint density at radius 1 is 0.702 bits per heavy atom. The normalized spacial score (nSPS) is 21.8. The number of aliphatic carboxylic acids is 2. The van der Waals surface area contributed by atoms with Crippen LogP contribution in [-0.2, 0) is 43.8 Å². The molecule has 0 bridgehead atoms. The second-order valence-electron chi connectivity index (χ2n) is 15.4. The molecule has 8 unspecified atom stereocenters. The fraction of sp³-hybridized carbons (Fsp3) is 0.535. The minimum Gasteiger partial charge on any atom is -0.493 e. The Morgan fingerprint density at radius 3 is 1.56 bits per heavy atom. The number of benzene rings is 2. The summed E-state index contributed by atoms with van der Waals surface area (Å²) < 4.78 is 22.4. The van der Waals surface area contributed by atoms with Crippen LogP contribution in [0.2, 0.25) is 0 Å². The molecule has 2 fully saturated rings. The molecule has 0 amide bonds. The molecule has 14 heteroatoms. The molecule has 0 radical (unpaired) electrons. The van der Waals surface area contributed by atoms with Crippen molar-refractivity contribution in [1.29, 1.82) is 0 Å². The summed E-state index contributed by atoms with van der Waals surface area (Å²) in [6.07, 6.45) is 4.97. The molecule has 0 aromatic heterocycles. The van der Waals surface area contributed by atoms with Gasteiger partial charge in [0.25, 0.3) is 0 Å². The number of rotatable bonds is 22. The van der Waals surface area contributed by atoms with E-state index in [-0.39, 0.29) is 26.2 Å². The third-order valence-electron chi connectivity index (χ3n) is 11.6. The quantitative estimate of drug-likeness (QED) is 0.0303. The van der Waals surface area contributed by atoms with E-state index in [1.165, 1.54) is 0 Å². The van der Waals surface area contributed by atoms with Gasteiger partial charge in [-0.1, -0.05) is 77.0 Å². The first kappa shape index (κ1) is 44.9. The molecule has 312 valence electrons. The lowest BCUT2D eigenvalue weighted by molar-refractivity contribution is -0.311. The van der Waals surface area contributed by atoms with Crippen LogP contribution in [0.4, 0.5) is 0 Å². The van der Waals surface area contributed by atoms with Gasteiger partial charge in [-0.3, -0.25) is 24.9 Å². The van der Waals surface area contributed by atoms with Crippen molar-refractivity contribution in [2.45, 2.75) is 89.3 Å². The fourth-order valence-corrected chi connectivity index (χ4v) is 8.37. The predicted molar refractivity (Wildman–Crippen MR) is 206 cm³/mol. The number of hydrogen-bond donors (Lipinski definition) is 4. The summed E-state index contributed by atoms with van der Waals surface area (Å²) in [6.45, 7) is 10.7. The van der Waals surface area contributed by atoms with Crippen molar-refractivity contribution in [3.63, 3.8) is 0 Å². The Kier molecular flexibility index (Phi) is 17.1. The lowest BCUT2D eigenvalue weighted by Crippen LogP contribution is -2.44. The second kappa shape index (κ2) is 21.7. The van der Waals surface area contributed by atoms with Crippen molar-refractivity contribution in [2.24, 2.45) is 35.5 Å². The molecule has 0 saturated heterocycles. The van der Waals surface area contributed by atoms with Crippen LogP contribution in [0.1, 0.15) is 82.8 Å². The van der Waals surface area contributed by atoms with Gasteiger partial charge < -0.3 is 29.2 Å². The van der Waals surface area contributed by atoms with E-state index in [1.807, 2.05) is 24.3 Å². The third kappa shape index (κ3) is 12.1. The van der Waals surface area contributed by atoms with Crippen LogP contribution < -0.4 is 9.47 Å². The lowest BCUT2D eigenvalue weighted by Gasteiger charge is -2.36. The summed E-state index contributed by atoms with van der Waals surface area (Å²) in [5, 5.41) is 39.6. The number of carbonyl (C=O) groups is 4. The lowest BCUT2D eigenvalue weighted by atomic mass is 9.72. The van der Waals surface area contributed by atoms with Gasteiger partial charge in [-0.15, -0.1) is 0 Å². The molecule has 14 nitrogen and oxygen atoms in total. The summed E-state index contributed by atoms with van der Waals surface area (Å²) in [7, 11) is 0. The van der Waals surface area contributed by atoms with Crippen LogP contribution in [-0.4, -0.2) is 76.6 Å². The fourth-order valence-electron chi connectivity index (χ4n) is 8.37. The average molecular weight is 797 g/mol. The maximum Gasteiger partial charge on any atom is 0.330 e. The van der Waals surface area contributed by atoms with Crippen molar-refractivity contribution in [1.82, 2.24) is 0 Å². The van der Waals surface area contributed by atoms with Gasteiger partial charge in [-0.25, -0.2) is 14.6 Å². The Bertz CT molecular complexity index is 1640. The Hall–Kier alpha value is -4.76. The first-order valence-corrected chi connectivity index (χ1v) is 19.5. The zero-order chi connectivity index (χ0) is 41.5. The van der Waals surface area contributed by atoms with Crippen LogP contribution in [0.15, 0.2) is 74.0 Å². The number of esters is 2. The summed E-state index contributed by atoms with van der Waals surface area (Å²) in [6, 6.07) is 14.9. The van der Waals surface area contributed by atoms with E-state index >= 15 is 0 Å². The van der Waals surface area contributed by atoms with E-state index in [0.717, 1.165) is 49.1 Å². The SMILES string of the molecule is C=COC(=O)CC(COc1ccc(C(C)(C)c2ccc(OCC(COC(=O)C=C)C(OO)C3CCCCC3C(=O)O)cc2)cc1)C(OO)C1CCCCC1C(=O)O. The third-order valence-corrected chi connectivity index (χ3v) is 11.6. The molecule has 4 N–H and O–H groups in total. The van der Waals surface area contributed by atoms with Crippen LogP contribution in [0.3, 0.4) is 0 Å². The highest BCUT2D eigenvalue weighted by atomic mass is 17.1. The molecule has 0 spiro atoms. The molecule has 0 heterocycles. The van der Waals surface area contributed by atoms with E-state index < -0.39 is 77.0 Å². The van der Waals surface area contributed by atoms with Crippen molar-refractivity contribution in [3.8, 4) is 11.5 Å². The Balaban J connectivity index is 1.44. The molecular weight excluding hydrogens is 740 g/mol. The van der Waals surface area contributed by atoms with Gasteiger partial charge in [-0.05, 0) is 61.1 Å². The topological polar surface area (TPSA) is 205 Å². The van der Waals surface area contributed by atoms with Crippen LogP contribution >= 0.6 is 0 Å². The smallest absolute Gasteiger partial charge is 0.330 e. The molecule has 2 aliphatic rings. The minimum absolute atomic E-state index is 0.0229. The standard InChI is InChI=1S/C43H56O14/c1-5-37(44)55-26-28(40(57-51)34-12-8-10-14-36(34)42(48)49)25-54-32-21-17-30(18-22-32)43(3,4)29-15-19-31(20-16-29)53-24-27(23-38(45)52-6-2)39(56-50)33-11-7-9-13-35(33)41(46)47/h5-6,15-22,27-28,33-36,39-40,50-51H,1-2,7-14,23-26H2,3-4H3,(H,46,47)(H,48,49). The number of ether oxygens (including phenoxy) is 4. The van der Waals surface area contributed by atoms with E-state index in [0.29, 0.717) is 37.2 Å². The molecule has 2 aliphatic carbocycles.